The molecule has 1 aromatic heterocycles. The van der Waals surface area contributed by atoms with E-state index < -0.39 is 0 Å². The van der Waals surface area contributed by atoms with Crippen LogP contribution in [-0.2, 0) is 5.54 Å². The summed E-state index contributed by atoms with van der Waals surface area (Å²) in [5.41, 5.74) is 0.970. The Morgan fingerprint density at radius 3 is 2.44 bits per heavy atom. The minimum Gasteiger partial charge on any atom is -0.310 e. The normalized spacial score (nSPS) is 12.0. The van der Waals surface area contributed by atoms with E-state index in [4.69, 9.17) is 0 Å². The molecule has 0 unspecified atom stereocenters. The molecule has 1 aromatic carbocycles. The van der Waals surface area contributed by atoms with Gasteiger partial charge in [-0.3, -0.25) is 4.79 Å². The Bertz CT molecular complexity index is 588. The summed E-state index contributed by atoms with van der Waals surface area (Å²) >= 11 is 0. The maximum Gasteiger partial charge on any atom is 0.259 e. The lowest BCUT2D eigenvalue weighted by Gasteiger charge is -2.22. The molecule has 2 rings (SSSR count). The molecule has 0 N–H and O–H groups in total. The van der Waals surface area contributed by atoms with Crippen LogP contribution in [0.3, 0.4) is 0 Å². The number of aromatic nitrogens is 1. The van der Waals surface area contributed by atoms with Crippen LogP contribution in [0.15, 0.2) is 35.3 Å². The van der Waals surface area contributed by atoms with Crippen molar-refractivity contribution in [2.75, 3.05) is 0 Å². The van der Waals surface area contributed by atoms with Gasteiger partial charge in [-0.25, -0.2) is 0 Å². The summed E-state index contributed by atoms with van der Waals surface area (Å²) in [6.45, 7) is 8.10. The van der Waals surface area contributed by atoms with E-state index in [-0.39, 0.29) is 11.1 Å². The Morgan fingerprint density at radius 2 is 1.81 bits per heavy atom. The van der Waals surface area contributed by atoms with Crippen molar-refractivity contribution >= 4 is 10.8 Å². The molecule has 0 saturated heterocycles. The van der Waals surface area contributed by atoms with Crippen LogP contribution in [0, 0.1) is 6.92 Å². The maximum absolute atomic E-state index is 12.4. The van der Waals surface area contributed by atoms with Gasteiger partial charge in [-0.2, -0.15) is 0 Å². The zero-order chi connectivity index (χ0) is 11.9. The molecule has 0 aliphatic heterocycles. The third-order valence-corrected chi connectivity index (χ3v) is 2.86. The molecule has 1 heterocycles. The highest BCUT2D eigenvalue weighted by molar-refractivity contribution is 5.84. The van der Waals surface area contributed by atoms with Crippen molar-refractivity contribution in [3.63, 3.8) is 0 Å². The maximum atomic E-state index is 12.4. The highest BCUT2D eigenvalue weighted by atomic mass is 16.1. The first kappa shape index (κ1) is 10.9. The van der Waals surface area contributed by atoms with Crippen LogP contribution in [0.4, 0.5) is 0 Å². The highest BCUT2D eigenvalue weighted by Crippen LogP contribution is 2.17. The van der Waals surface area contributed by atoms with E-state index >= 15 is 0 Å². The summed E-state index contributed by atoms with van der Waals surface area (Å²) in [6.07, 6.45) is 1.88. The van der Waals surface area contributed by atoms with E-state index in [0.717, 1.165) is 16.3 Å². The van der Waals surface area contributed by atoms with Crippen molar-refractivity contribution in [3.05, 3.63) is 46.4 Å². The molecule has 2 heteroatoms. The molecule has 84 valence electrons. The number of hydrogen-bond acceptors (Lipinski definition) is 1. The van der Waals surface area contributed by atoms with Crippen molar-refractivity contribution in [3.8, 4) is 0 Å². The number of fused-ring (bicyclic) bond motifs is 1. The van der Waals surface area contributed by atoms with Gasteiger partial charge in [0.15, 0.2) is 0 Å². The summed E-state index contributed by atoms with van der Waals surface area (Å²) in [5, 5.41) is 1.85. The van der Waals surface area contributed by atoms with E-state index in [1.54, 1.807) is 4.57 Å². The molecular weight excluding hydrogens is 198 g/mol. The second-order valence-corrected chi connectivity index (χ2v) is 5.20. The fourth-order valence-electron chi connectivity index (χ4n) is 1.99. The van der Waals surface area contributed by atoms with Gasteiger partial charge in [-0.1, -0.05) is 18.2 Å². The Balaban J connectivity index is 2.90. The van der Waals surface area contributed by atoms with Gasteiger partial charge in [-0.05, 0) is 44.7 Å². The van der Waals surface area contributed by atoms with Crippen LogP contribution in [0.5, 0.6) is 0 Å². The fraction of sp³-hybridized carbons (Fsp3) is 0.357. The van der Waals surface area contributed by atoms with E-state index in [0.29, 0.717) is 0 Å². The molecule has 0 spiro atoms. The monoisotopic (exact) mass is 215 g/mol. The minimum absolute atomic E-state index is 0.100. The topological polar surface area (TPSA) is 22.0 Å². The van der Waals surface area contributed by atoms with Crippen LogP contribution in [0.1, 0.15) is 26.3 Å². The van der Waals surface area contributed by atoms with Gasteiger partial charge >= 0.3 is 0 Å². The predicted molar refractivity (Wildman–Crippen MR) is 67.9 cm³/mol. The second kappa shape index (κ2) is 3.48. The van der Waals surface area contributed by atoms with E-state index in [2.05, 4.69) is 0 Å². The molecule has 2 nitrogen and oxygen atoms in total. The molecule has 0 radical (unpaired) electrons. The van der Waals surface area contributed by atoms with Crippen molar-refractivity contribution in [1.82, 2.24) is 4.57 Å². The summed E-state index contributed by atoms with van der Waals surface area (Å²) < 4.78 is 1.79. The molecule has 0 aliphatic carbocycles. The largest absolute Gasteiger partial charge is 0.310 e. The molecule has 0 amide bonds. The Hall–Kier alpha value is -1.57. The van der Waals surface area contributed by atoms with E-state index in [1.807, 2.05) is 58.2 Å². The Kier molecular flexibility index (Phi) is 2.38. The third kappa shape index (κ3) is 1.64. The van der Waals surface area contributed by atoms with E-state index in [9.17, 15) is 4.79 Å². The molecule has 2 aromatic rings. The van der Waals surface area contributed by atoms with Gasteiger partial charge in [0.2, 0.25) is 0 Å². The van der Waals surface area contributed by atoms with Gasteiger partial charge in [0, 0.05) is 11.7 Å². The Morgan fingerprint density at radius 1 is 1.12 bits per heavy atom. The van der Waals surface area contributed by atoms with Crippen LogP contribution < -0.4 is 5.56 Å². The number of nitrogens with zero attached hydrogens (tertiary/aromatic N) is 1. The SMILES string of the molecule is Cc1cccc2ccn(C(C)(C)C)c(=O)c12. The first-order valence-electron chi connectivity index (χ1n) is 5.53. The number of benzene rings is 1. The lowest BCUT2D eigenvalue weighted by Crippen LogP contribution is -2.33. The van der Waals surface area contributed by atoms with Crippen LogP contribution >= 0.6 is 0 Å². The van der Waals surface area contributed by atoms with Gasteiger partial charge < -0.3 is 4.57 Å². The zero-order valence-electron chi connectivity index (χ0n) is 10.2. The van der Waals surface area contributed by atoms with E-state index in [1.165, 1.54) is 0 Å². The second-order valence-electron chi connectivity index (χ2n) is 5.20. The fourth-order valence-corrected chi connectivity index (χ4v) is 1.99. The van der Waals surface area contributed by atoms with Gasteiger partial charge in [-0.15, -0.1) is 0 Å². The number of hydrogen-bond donors (Lipinski definition) is 0. The lowest BCUT2D eigenvalue weighted by molar-refractivity contribution is 0.386. The number of aryl methyl sites for hydroxylation is 1. The first-order chi connectivity index (χ1) is 7.41. The molecule has 0 bridgehead atoms. The summed E-state index contributed by atoms with van der Waals surface area (Å²) in [6, 6.07) is 7.96. The molecule has 0 saturated carbocycles. The molecular formula is C14H17NO. The quantitative estimate of drug-likeness (QED) is 0.662. The van der Waals surface area contributed by atoms with Gasteiger partial charge in [0.05, 0.1) is 5.39 Å². The zero-order valence-corrected chi connectivity index (χ0v) is 10.2. The molecule has 0 aliphatic rings. The van der Waals surface area contributed by atoms with Crippen molar-refractivity contribution in [2.45, 2.75) is 33.2 Å². The third-order valence-electron chi connectivity index (χ3n) is 2.86. The lowest BCUT2D eigenvalue weighted by atomic mass is 10.0. The summed E-state index contributed by atoms with van der Waals surface area (Å²) in [5.74, 6) is 0. The summed E-state index contributed by atoms with van der Waals surface area (Å²) in [7, 11) is 0. The number of pyridine rings is 1. The predicted octanol–water partition coefficient (Wildman–Crippen LogP) is 3.06. The smallest absolute Gasteiger partial charge is 0.259 e. The highest BCUT2D eigenvalue weighted by Gasteiger charge is 2.15. The average molecular weight is 215 g/mol. The van der Waals surface area contributed by atoms with Crippen molar-refractivity contribution in [2.24, 2.45) is 0 Å². The number of rotatable bonds is 0. The van der Waals surface area contributed by atoms with Crippen LogP contribution in [0.25, 0.3) is 10.8 Å². The molecule has 16 heavy (non-hydrogen) atoms. The minimum atomic E-state index is -0.173. The van der Waals surface area contributed by atoms with Crippen LogP contribution in [-0.4, -0.2) is 4.57 Å². The van der Waals surface area contributed by atoms with Crippen molar-refractivity contribution < 1.29 is 0 Å². The van der Waals surface area contributed by atoms with Gasteiger partial charge in [0.1, 0.15) is 0 Å². The Labute approximate surface area is 95.5 Å². The summed E-state index contributed by atoms with van der Waals surface area (Å²) in [4.78, 5) is 12.4. The first-order valence-corrected chi connectivity index (χ1v) is 5.53. The van der Waals surface area contributed by atoms with Crippen LogP contribution in [0.2, 0.25) is 0 Å². The molecule has 0 atom stereocenters. The molecule has 0 fully saturated rings. The van der Waals surface area contributed by atoms with Gasteiger partial charge in [0.25, 0.3) is 5.56 Å². The standard InChI is InChI=1S/C14H17NO/c1-10-6-5-7-11-8-9-15(14(2,3)4)13(16)12(10)11/h5-9H,1-4H3. The average Bonchev–Trinajstić information content (AvgIpc) is 2.16. The van der Waals surface area contributed by atoms with Crippen molar-refractivity contribution in [1.29, 1.82) is 0 Å².